The largest absolute Gasteiger partial charge is 0.490 e. The second-order valence-electron chi connectivity index (χ2n) is 8.08. The van der Waals surface area contributed by atoms with Crippen LogP contribution in [0.3, 0.4) is 0 Å². The van der Waals surface area contributed by atoms with Crippen molar-refractivity contribution >= 4 is 95.6 Å². The Morgan fingerprint density at radius 2 is 1.82 bits per heavy atom. The molecule has 0 atom stereocenters. The number of para-hydroxylation sites is 1. The zero-order valence-corrected chi connectivity index (χ0v) is 25.8. The lowest BCUT2D eigenvalue weighted by atomic mass is 10.1. The third-order valence-electron chi connectivity index (χ3n) is 5.34. The minimum Gasteiger partial charge on any atom is -0.490 e. The molecule has 0 aliphatic carbocycles. The van der Waals surface area contributed by atoms with Crippen molar-refractivity contribution in [3.63, 3.8) is 0 Å². The molecule has 1 saturated heterocycles. The molecule has 3 amide bonds. The second-order valence-corrected chi connectivity index (χ2v) is 11.6. The highest BCUT2D eigenvalue weighted by molar-refractivity contribution is 9.11. The molecule has 1 aliphatic heterocycles. The number of carbonyl (C=O) groups is 3. The Morgan fingerprint density at radius 3 is 2.54 bits per heavy atom. The Balaban J connectivity index is 1.50. The first-order chi connectivity index (χ1) is 18.7. The Kier molecular flexibility index (Phi) is 10.0. The number of nitrogens with one attached hydrogen (secondary N) is 1. The third kappa shape index (κ3) is 7.37. The quantitative estimate of drug-likeness (QED) is 0.225. The van der Waals surface area contributed by atoms with Crippen molar-refractivity contribution in [2.75, 3.05) is 18.5 Å². The highest BCUT2D eigenvalue weighted by atomic mass is 79.9. The number of hydrogen-bond acceptors (Lipinski definition) is 6. The van der Waals surface area contributed by atoms with Gasteiger partial charge in [-0.25, -0.2) is 0 Å². The number of amides is 3. The van der Waals surface area contributed by atoms with Crippen LogP contribution in [0.15, 0.2) is 68.4 Å². The minimum atomic E-state index is -0.556. The molecule has 39 heavy (non-hydrogen) atoms. The van der Waals surface area contributed by atoms with E-state index in [-0.39, 0.29) is 11.5 Å². The van der Waals surface area contributed by atoms with E-state index >= 15 is 0 Å². The lowest BCUT2D eigenvalue weighted by Gasteiger charge is -2.15. The van der Waals surface area contributed by atoms with Crippen molar-refractivity contribution in [2.45, 2.75) is 13.5 Å². The molecular formula is C27H20Br2Cl2N2O5S. The first-order valence-corrected chi connectivity index (χ1v) is 14.6. The molecule has 1 fully saturated rings. The van der Waals surface area contributed by atoms with Gasteiger partial charge in [0.15, 0.2) is 11.5 Å². The molecule has 0 saturated carbocycles. The maximum Gasteiger partial charge on any atom is 0.294 e. The van der Waals surface area contributed by atoms with Crippen LogP contribution in [0.5, 0.6) is 11.5 Å². The summed E-state index contributed by atoms with van der Waals surface area (Å²) in [7, 11) is 0. The van der Waals surface area contributed by atoms with Gasteiger partial charge in [-0.3, -0.25) is 19.3 Å². The molecule has 1 heterocycles. The number of rotatable bonds is 9. The average molecular weight is 715 g/mol. The first kappa shape index (κ1) is 29.5. The van der Waals surface area contributed by atoms with Crippen LogP contribution >= 0.6 is 66.8 Å². The Morgan fingerprint density at radius 1 is 1.05 bits per heavy atom. The van der Waals surface area contributed by atoms with E-state index in [4.69, 9.17) is 32.7 Å². The van der Waals surface area contributed by atoms with Crippen molar-refractivity contribution in [3.8, 4) is 11.5 Å². The fraction of sp³-hybridized carbons (Fsp3) is 0.148. The molecule has 0 spiro atoms. The SMILES string of the molecule is CCOc1cc(/C=C2\SC(=O)N(CC(=O)Nc3ccccc3Br)C2=O)cc(Br)c1OCc1ccc(Cl)cc1Cl. The Labute approximate surface area is 256 Å². The summed E-state index contributed by atoms with van der Waals surface area (Å²) >= 11 is 19.9. The molecule has 12 heteroatoms. The van der Waals surface area contributed by atoms with E-state index in [0.29, 0.717) is 48.3 Å². The summed E-state index contributed by atoms with van der Waals surface area (Å²) in [4.78, 5) is 39.2. The van der Waals surface area contributed by atoms with Gasteiger partial charge < -0.3 is 14.8 Å². The maximum atomic E-state index is 13.0. The van der Waals surface area contributed by atoms with E-state index in [1.807, 2.05) is 13.0 Å². The van der Waals surface area contributed by atoms with Crippen LogP contribution in [-0.2, 0) is 16.2 Å². The van der Waals surface area contributed by atoms with Crippen LogP contribution < -0.4 is 14.8 Å². The molecule has 1 N–H and O–H groups in total. The highest BCUT2D eigenvalue weighted by Gasteiger charge is 2.36. The summed E-state index contributed by atoms with van der Waals surface area (Å²) < 4.78 is 13.1. The van der Waals surface area contributed by atoms with Gasteiger partial charge in [0, 0.05) is 20.1 Å². The summed E-state index contributed by atoms with van der Waals surface area (Å²) in [5.41, 5.74) is 1.89. The average Bonchev–Trinajstić information content (AvgIpc) is 3.13. The van der Waals surface area contributed by atoms with Crippen molar-refractivity contribution in [2.24, 2.45) is 0 Å². The number of hydrogen-bond donors (Lipinski definition) is 1. The third-order valence-corrected chi connectivity index (χ3v) is 8.11. The van der Waals surface area contributed by atoms with Crippen molar-refractivity contribution in [1.29, 1.82) is 0 Å². The number of ether oxygens (including phenoxy) is 2. The molecule has 1 aliphatic rings. The predicted octanol–water partition coefficient (Wildman–Crippen LogP) is 8.17. The van der Waals surface area contributed by atoms with E-state index in [0.717, 1.165) is 22.2 Å². The van der Waals surface area contributed by atoms with E-state index in [2.05, 4.69) is 37.2 Å². The molecule has 0 aromatic heterocycles. The Hall–Kier alpha value is -2.50. The van der Waals surface area contributed by atoms with Crippen LogP contribution in [0.2, 0.25) is 10.0 Å². The Bertz CT molecular complexity index is 1480. The standard InChI is InChI=1S/C27H20Br2Cl2N2O5S/c1-2-37-22-10-15(9-19(29)25(22)38-14-16-7-8-17(30)12-20(16)31)11-23-26(35)33(27(36)39-23)13-24(34)32-21-6-4-3-5-18(21)28/h3-12H,2,13-14H2,1H3,(H,32,34)/b23-11-. The second kappa shape index (κ2) is 13.2. The number of carbonyl (C=O) groups excluding carboxylic acids is 3. The van der Waals surface area contributed by atoms with Crippen LogP contribution in [0.4, 0.5) is 10.5 Å². The molecular weight excluding hydrogens is 695 g/mol. The van der Waals surface area contributed by atoms with E-state index in [1.165, 1.54) is 0 Å². The fourth-order valence-electron chi connectivity index (χ4n) is 3.55. The molecule has 3 aromatic rings. The monoisotopic (exact) mass is 712 g/mol. The summed E-state index contributed by atoms with van der Waals surface area (Å²) in [6, 6.07) is 15.7. The summed E-state index contributed by atoms with van der Waals surface area (Å²) in [6.07, 6.45) is 1.57. The van der Waals surface area contributed by atoms with Crippen LogP contribution in [0, 0.1) is 0 Å². The van der Waals surface area contributed by atoms with Crippen LogP contribution in [0.25, 0.3) is 6.08 Å². The number of thioether (sulfide) groups is 1. The molecule has 7 nitrogen and oxygen atoms in total. The molecule has 0 unspecified atom stereocenters. The van der Waals surface area contributed by atoms with Gasteiger partial charge in [0.1, 0.15) is 13.2 Å². The zero-order chi connectivity index (χ0) is 28.1. The molecule has 0 radical (unpaired) electrons. The number of benzene rings is 3. The van der Waals surface area contributed by atoms with Crippen molar-refractivity contribution in [3.05, 3.63) is 89.6 Å². The topological polar surface area (TPSA) is 84.9 Å². The number of imide groups is 1. The van der Waals surface area contributed by atoms with Gasteiger partial charge in [0.2, 0.25) is 5.91 Å². The fourth-order valence-corrected chi connectivity index (χ4v) is 5.81. The van der Waals surface area contributed by atoms with Gasteiger partial charge in [-0.05, 0) is 98.6 Å². The number of anilines is 1. The summed E-state index contributed by atoms with van der Waals surface area (Å²) in [5, 5.41) is 3.17. The van der Waals surface area contributed by atoms with E-state index < -0.39 is 23.6 Å². The van der Waals surface area contributed by atoms with Gasteiger partial charge in [-0.15, -0.1) is 0 Å². The highest BCUT2D eigenvalue weighted by Crippen LogP contribution is 2.40. The molecule has 202 valence electrons. The van der Waals surface area contributed by atoms with E-state index in [1.54, 1.807) is 54.6 Å². The lowest BCUT2D eigenvalue weighted by molar-refractivity contribution is -0.127. The smallest absolute Gasteiger partial charge is 0.294 e. The van der Waals surface area contributed by atoms with E-state index in [9.17, 15) is 14.4 Å². The van der Waals surface area contributed by atoms with Gasteiger partial charge >= 0.3 is 0 Å². The summed E-state index contributed by atoms with van der Waals surface area (Å²) in [5.74, 6) is -0.152. The zero-order valence-electron chi connectivity index (χ0n) is 20.3. The lowest BCUT2D eigenvalue weighted by Crippen LogP contribution is -2.36. The molecule has 0 bridgehead atoms. The van der Waals surface area contributed by atoms with Gasteiger partial charge in [0.25, 0.3) is 11.1 Å². The normalized spacial score (nSPS) is 14.2. The van der Waals surface area contributed by atoms with Gasteiger partial charge in [-0.1, -0.05) is 41.4 Å². The summed E-state index contributed by atoms with van der Waals surface area (Å²) in [6.45, 7) is 1.98. The van der Waals surface area contributed by atoms with Crippen LogP contribution in [0.1, 0.15) is 18.1 Å². The number of nitrogens with zero attached hydrogens (tertiary/aromatic N) is 1. The van der Waals surface area contributed by atoms with Gasteiger partial charge in [0.05, 0.1) is 21.7 Å². The maximum absolute atomic E-state index is 13.0. The predicted molar refractivity (Wildman–Crippen MR) is 162 cm³/mol. The number of halogens is 4. The molecule has 3 aromatic carbocycles. The van der Waals surface area contributed by atoms with Gasteiger partial charge in [-0.2, -0.15) is 0 Å². The minimum absolute atomic E-state index is 0.175. The van der Waals surface area contributed by atoms with Crippen LogP contribution in [-0.4, -0.2) is 35.1 Å². The molecule has 4 rings (SSSR count). The van der Waals surface area contributed by atoms with Crippen molar-refractivity contribution in [1.82, 2.24) is 4.90 Å². The first-order valence-electron chi connectivity index (χ1n) is 11.5. The van der Waals surface area contributed by atoms with Crippen molar-refractivity contribution < 1.29 is 23.9 Å².